The van der Waals surface area contributed by atoms with Gasteiger partial charge in [0.05, 0.1) is 24.3 Å². The van der Waals surface area contributed by atoms with Crippen LogP contribution in [0.15, 0.2) is 54.0 Å². The molecule has 1 N–H and O–H groups in total. The van der Waals surface area contributed by atoms with Crippen molar-refractivity contribution in [3.63, 3.8) is 0 Å². The molecule has 0 saturated carbocycles. The summed E-state index contributed by atoms with van der Waals surface area (Å²) in [5.74, 6) is 1.45. The number of nitrogens with zero attached hydrogens (tertiary/aromatic N) is 2. The van der Waals surface area contributed by atoms with Gasteiger partial charge in [-0.05, 0) is 62.7 Å². The molecule has 3 aromatic rings. The predicted octanol–water partition coefficient (Wildman–Crippen LogP) is 5.40. The van der Waals surface area contributed by atoms with Gasteiger partial charge < -0.3 is 14.8 Å². The van der Waals surface area contributed by atoms with Crippen LogP contribution in [-0.4, -0.2) is 17.7 Å². The van der Waals surface area contributed by atoms with Gasteiger partial charge in [0, 0.05) is 17.3 Å². The topological polar surface area (TPSA) is 67.2 Å². The van der Waals surface area contributed by atoms with Crippen LogP contribution in [-0.2, 0) is 0 Å². The molecule has 0 fully saturated rings. The molecule has 0 radical (unpaired) electrons. The van der Waals surface area contributed by atoms with E-state index in [0.29, 0.717) is 12.2 Å². The Kier molecular flexibility index (Phi) is 6.51. The van der Waals surface area contributed by atoms with Crippen molar-refractivity contribution in [2.45, 2.75) is 32.9 Å². The molecule has 0 aliphatic carbocycles. The fourth-order valence-electron chi connectivity index (χ4n) is 2.80. The molecule has 0 amide bonds. The molecule has 0 aliphatic rings. The number of thiazole rings is 1. The highest BCUT2D eigenvalue weighted by atomic mass is 32.1. The fraction of sp³-hybridized carbons (Fsp3) is 0.273. The van der Waals surface area contributed by atoms with Crippen molar-refractivity contribution in [3.8, 4) is 17.6 Å². The van der Waals surface area contributed by atoms with E-state index >= 15 is 0 Å². The molecule has 0 saturated heterocycles. The third kappa shape index (κ3) is 4.81. The maximum absolute atomic E-state index is 9.00. The first kappa shape index (κ1) is 19.7. The summed E-state index contributed by atoms with van der Waals surface area (Å²) in [7, 11) is 0. The lowest BCUT2D eigenvalue weighted by atomic mass is 10.1. The Labute approximate surface area is 169 Å². The van der Waals surface area contributed by atoms with Crippen molar-refractivity contribution < 1.29 is 9.47 Å². The molecule has 5 nitrogen and oxygen atoms in total. The summed E-state index contributed by atoms with van der Waals surface area (Å²) in [6, 6.07) is 15.4. The Morgan fingerprint density at radius 3 is 2.54 bits per heavy atom. The van der Waals surface area contributed by atoms with Gasteiger partial charge >= 0.3 is 0 Å². The van der Waals surface area contributed by atoms with Crippen LogP contribution >= 0.6 is 11.3 Å². The van der Waals surface area contributed by atoms with Crippen LogP contribution in [0, 0.1) is 11.3 Å². The van der Waals surface area contributed by atoms with Gasteiger partial charge in [-0.3, -0.25) is 0 Å². The second-order valence-corrected chi connectivity index (χ2v) is 7.37. The van der Waals surface area contributed by atoms with E-state index in [0.717, 1.165) is 27.8 Å². The number of hydrogen-bond acceptors (Lipinski definition) is 6. The van der Waals surface area contributed by atoms with E-state index in [-0.39, 0.29) is 12.1 Å². The molecule has 1 aromatic heterocycles. The zero-order valence-corrected chi connectivity index (χ0v) is 17.0. The first-order chi connectivity index (χ1) is 13.6. The Balaban J connectivity index is 1.96. The second-order valence-electron chi connectivity index (χ2n) is 6.44. The summed E-state index contributed by atoms with van der Waals surface area (Å²) in [6.07, 6.45) is 1.87. The van der Waals surface area contributed by atoms with Crippen molar-refractivity contribution in [1.82, 2.24) is 4.98 Å². The van der Waals surface area contributed by atoms with Gasteiger partial charge in [-0.2, -0.15) is 5.26 Å². The van der Waals surface area contributed by atoms with E-state index in [1.165, 1.54) is 0 Å². The van der Waals surface area contributed by atoms with Crippen LogP contribution in [0.3, 0.4) is 0 Å². The summed E-state index contributed by atoms with van der Waals surface area (Å²) in [5, 5.41) is 15.4. The Bertz CT molecular complexity index is 931. The van der Waals surface area contributed by atoms with Crippen LogP contribution in [0.1, 0.15) is 42.9 Å². The number of rotatable bonds is 8. The van der Waals surface area contributed by atoms with Gasteiger partial charge in [0.2, 0.25) is 0 Å². The lowest BCUT2D eigenvalue weighted by molar-refractivity contribution is 0.223. The van der Waals surface area contributed by atoms with Crippen molar-refractivity contribution in [1.29, 1.82) is 5.26 Å². The third-order valence-corrected chi connectivity index (χ3v) is 4.83. The van der Waals surface area contributed by atoms with Crippen molar-refractivity contribution in [2.75, 3.05) is 11.9 Å². The normalized spacial score (nSPS) is 11.7. The smallest absolute Gasteiger partial charge is 0.161 e. The largest absolute Gasteiger partial charge is 0.490 e. The summed E-state index contributed by atoms with van der Waals surface area (Å²) >= 11 is 1.59. The maximum atomic E-state index is 9.00. The number of benzene rings is 2. The number of hydrogen-bond donors (Lipinski definition) is 1. The molecule has 0 spiro atoms. The van der Waals surface area contributed by atoms with E-state index in [1.54, 1.807) is 29.7 Å². The molecule has 28 heavy (non-hydrogen) atoms. The lowest BCUT2D eigenvalue weighted by Gasteiger charge is -2.21. The second kappa shape index (κ2) is 9.25. The Morgan fingerprint density at radius 1 is 1.14 bits per heavy atom. The number of anilines is 1. The zero-order chi connectivity index (χ0) is 19.9. The first-order valence-electron chi connectivity index (χ1n) is 9.20. The molecule has 1 heterocycles. The highest BCUT2D eigenvalue weighted by molar-refractivity contribution is 7.09. The van der Waals surface area contributed by atoms with E-state index < -0.39 is 0 Å². The average molecular weight is 394 g/mol. The number of ether oxygens (including phenoxy) is 2. The van der Waals surface area contributed by atoms with Gasteiger partial charge in [0.15, 0.2) is 11.5 Å². The van der Waals surface area contributed by atoms with E-state index in [2.05, 4.69) is 16.4 Å². The van der Waals surface area contributed by atoms with Gasteiger partial charge in [-0.15, -0.1) is 11.3 Å². The minimum atomic E-state index is -0.139. The highest BCUT2D eigenvalue weighted by Gasteiger charge is 2.19. The van der Waals surface area contributed by atoms with E-state index in [1.807, 2.05) is 56.5 Å². The predicted molar refractivity (Wildman–Crippen MR) is 112 cm³/mol. The summed E-state index contributed by atoms with van der Waals surface area (Å²) in [6.45, 7) is 6.50. The minimum Gasteiger partial charge on any atom is -0.490 e. The van der Waals surface area contributed by atoms with Crippen LogP contribution in [0.4, 0.5) is 5.69 Å². The molecule has 1 unspecified atom stereocenters. The maximum Gasteiger partial charge on any atom is 0.161 e. The third-order valence-electron chi connectivity index (χ3n) is 3.99. The average Bonchev–Trinajstić information content (AvgIpc) is 3.22. The van der Waals surface area contributed by atoms with Gasteiger partial charge in [0.1, 0.15) is 11.0 Å². The monoisotopic (exact) mass is 393 g/mol. The van der Waals surface area contributed by atoms with Crippen LogP contribution in [0.5, 0.6) is 11.5 Å². The van der Waals surface area contributed by atoms with E-state index in [4.69, 9.17) is 14.7 Å². The molecule has 6 heteroatoms. The van der Waals surface area contributed by atoms with Gasteiger partial charge in [0.25, 0.3) is 0 Å². The summed E-state index contributed by atoms with van der Waals surface area (Å²) in [5.41, 5.74) is 2.57. The molecule has 0 bridgehead atoms. The quantitative estimate of drug-likeness (QED) is 0.555. The highest BCUT2D eigenvalue weighted by Crippen LogP contribution is 2.35. The molecule has 3 rings (SSSR count). The number of aromatic nitrogens is 1. The van der Waals surface area contributed by atoms with Gasteiger partial charge in [-0.25, -0.2) is 4.98 Å². The van der Waals surface area contributed by atoms with Gasteiger partial charge in [-0.1, -0.05) is 6.07 Å². The van der Waals surface area contributed by atoms with Crippen LogP contribution in [0.2, 0.25) is 0 Å². The van der Waals surface area contributed by atoms with Crippen LogP contribution in [0.25, 0.3) is 0 Å². The molecule has 2 aromatic carbocycles. The molecule has 144 valence electrons. The first-order valence-corrected chi connectivity index (χ1v) is 10.1. The molecular weight excluding hydrogens is 370 g/mol. The standard InChI is InChI=1S/C22H23N3O2S/c1-4-26-20-13-17(7-10-19(20)27-15(2)3)21(22-24-11-12-28-22)25-18-8-5-16(14-23)6-9-18/h5-13,15,21,25H,4H2,1-3H3. The summed E-state index contributed by atoms with van der Waals surface area (Å²) < 4.78 is 11.7. The Morgan fingerprint density at radius 2 is 1.93 bits per heavy atom. The number of nitriles is 1. The molecular formula is C22H23N3O2S. The lowest BCUT2D eigenvalue weighted by Crippen LogP contribution is -2.13. The van der Waals surface area contributed by atoms with Crippen molar-refractivity contribution in [2.24, 2.45) is 0 Å². The molecule has 1 atom stereocenters. The Hall–Kier alpha value is -3.04. The van der Waals surface area contributed by atoms with E-state index in [9.17, 15) is 0 Å². The summed E-state index contributed by atoms with van der Waals surface area (Å²) in [4.78, 5) is 4.50. The SMILES string of the molecule is CCOc1cc(C(Nc2ccc(C#N)cc2)c2nccs2)ccc1OC(C)C. The fourth-order valence-corrected chi connectivity index (χ4v) is 3.51. The number of nitrogens with one attached hydrogen (secondary N) is 1. The van der Waals surface area contributed by atoms with Crippen LogP contribution < -0.4 is 14.8 Å². The van der Waals surface area contributed by atoms with Crippen molar-refractivity contribution >= 4 is 17.0 Å². The zero-order valence-electron chi connectivity index (χ0n) is 16.2. The minimum absolute atomic E-state index is 0.0663. The van der Waals surface area contributed by atoms with Crippen molar-refractivity contribution in [3.05, 3.63) is 70.2 Å². The molecule has 0 aliphatic heterocycles.